The Morgan fingerprint density at radius 1 is 1.47 bits per heavy atom. The predicted octanol–water partition coefficient (Wildman–Crippen LogP) is 2.30. The summed E-state index contributed by atoms with van der Waals surface area (Å²) in [6.45, 7) is 7.57. The number of hydrogen-bond acceptors (Lipinski definition) is 3. The Hall–Kier alpha value is -1.29. The Bertz CT molecular complexity index is 420. The molecule has 0 N–H and O–H groups in total. The molecule has 1 fully saturated rings. The molecular weight excluding hydrogens is 240 g/mol. The van der Waals surface area contributed by atoms with Crippen molar-refractivity contribution in [2.24, 2.45) is 13.0 Å². The van der Waals surface area contributed by atoms with Crippen molar-refractivity contribution >= 4 is 5.97 Å². The summed E-state index contributed by atoms with van der Waals surface area (Å²) in [5.74, 6) is 0.282. The molecule has 19 heavy (non-hydrogen) atoms. The summed E-state index contributed by atoms with van der Waals surface area (Å²) in [5, 5.41) is 0. The van der Waals surface area contributed by atoms with Crippen molar-refractivity contribution in [3.8, 4) is 0 Å². The first kappa shape index (κ1) is 14.1. The molecule has 0 spiro atoms. The number of piperidine rings is 1. The van der Waals surface area contributed by atoms with Crippen LogP contribution < -0.4 is 0 Å². The Labute approximate surface area is 115 Å². The van der Waals surface area contributed by atoms with Gasteiger partial charge in [-0.1, -0.05) is 6.92 Å². The van der Waals surface area contributed by atoms with Gasteiger partial charge in [-0.25, -0.2) is 4.79 Å². The molecule has 1 aromatic rings. The maximum Gasteiger partial charge on any atom is 0.355 e. The zero-order valence-corrected chi connectivity index (χ0v) is 12.1. The number of ether oxygens (including phenoxy) is 1. The largest absolute Gasteiger partial charge is 0.458 e. The van der Waals surface area contributed by atoms with Gasteiger partial charge in [0, 0.05) is 13.2 Å². The molecule has 0 aromatic carbocycles. The van der Waals surface area contributed by atoms with Crippen LogP contribution in [0.3, 0.4) is 0 Å². The second-order valence-corrected chi connectivity index (χ2v) is 5.39. The molecule has 0 bridgehead atoms. The lowest BCUT2D eigenvalue weighted by Gasteiger charge is -2.33. The van der Waals surface area contributed by atoms with Gasteiger partial charge < -0.3 is 14.2 Å². The second-order valence-electron chi connectivity index (χ2n) is 5.39. The second kappa shape index (κ2) is 6.24. The molecule has 4 nitrogen and oxygen atoms in total. The number of esters is 1. The smallest absolute Gasteiger partial charge is 0.355 e. The number of carbonyl (C=O) groups is 1. The van der Waals surface area contributed by atoms with Crippen LogP contribution in [0.1, 0.15) is 37.2 Å². The van der Waals surface area contributed by atoms with E-state index in [0.717, 1.165) is 32.5 Å². The third-order valence-corrected chi connectivity index (χ3v) is 4.19. The van der Waals surface area contributed by atoms with Gasteiger partial charge in [0.1, 0.15) is 11.8 Å². The van der Waals surface area contributed by atoms with Gasteiger partial charge in [0.05, 0.1) is 0 Å². The highest BCUT2D eigenvalue weighted by molar-refractivity contribution is 5.87. The van der Waals surface area contributed by atoms with E-state index in [1.807, 2.05) is 26.2 Å². The van der Waals surface area contributed by atoms with Crippen LogP contribution in [-0.4, -0.2) is 41.2 Å². The van der Waals surface area contributed by atoms with Crippen LogP contribution in [0.4, 0.5) is 0 Å². The Kier molecular flexibility index (Phi) is 4.64. The Morgan fingerprint density at radius 3 is 2.68 bits per heavy atom. The van der Waals surface area contributed by atoms with Crippen LogP contribution in [0.25, 0.3) is 0 Å². The quantitative estimate of drug-likeness (QED) is 0.783. The van der Waals surface area contributed by atoms with E-state index in [1.165, 1.54) is 0 Å². The molecule has 0 saturated carbocycles. The zero-order valence-electron chi connectivity index (χ0n) is 12.1. The van der Waals surface area contributed by atoms with Gasteiger partial charge in [0.25, 0.3) is 0 Å². The molecule has 1 atom stereocenters. The molecule has 0 amide bonds. The number of carbonyl (C=O) groups excluding carboxylic acids is 1. The van der Waals surface area contributed by atoms with Gasteiger partial charge in [-0.3, -0.25) is 0 Å². The zero-order chi connectivity index (χ0) is 13.8. The van der Waals surface area contributed by atoms with E-state index in [1.54, 1.807) is 10.6 Å². The van der Waals surface area contributed by atoms with Crippen LogP contribution in [-0.2, 0) is 11.8 Å². The fourth-order valence-corrected chi connectivity index (χ4v) is 2.74. The van der Waals surface area contributed by atoms with Crippen molar-refractivity contribution in [3.05, 3.63) is 24.0 Å². The molecule has 0 unspecified atom stereocenters. The van der Waals surface area contributed by atoms with Crippen molar-refractivity contribution in [1.82, 2.24) is 9.47 Å². The minimum Gasteiger partial charge on any atom is -0.458 e. The Balaban J connectivity index is 1.86. The van der Waals surface area contributed by atoms with E-state index in [4.69, 9.17) is 4.74 Å². The highest BCUT2D eigenvalue weighted by Gasteiger charge is 2.26. The molecular formula is C15H24N2O2. The van der Waals surface area contributed by atoms with Crippen molar-refractivity contribution in [1.29, 1.82) is 0 Å². The Morgan fingerprint density at radius 2 is 2.16 bits per heavy atom. The van der Waals surface area contributed by atoms with Crippen molar-refractivity contribution in [2.75, 3.05) is 19.6 Å². The summed E-state index contributed by atoms with van der Waals surface area (Å²) < 4.78 is 7.41. The van der Waals surface area contributed by atoms with Crippen LogP contribution in [0, 0.1) is 5.92 Å². The minimum atomic E-state index is -0.210. The first-order valence-corrected chi connectivity index (χ1v) is 7.16. The van der Waals surface area contributed by atoms with E-state index < -0.39 is 0 Å². The van der Waals surface area contributed by atoms with E-state index in [9.17, 15) is 4.79 Å². The van der Waals surface area contributed by atoms with Gasteiger partial charge in [-0.2, -0.15) is 0 Å². The fraction of sp³-hybridized carbons (Fsp3) is 0.667. The summed E-state index contributed by atoms with van der Waals surface area (Å²) in [5.41, 5.74) is 0.623. The summed E-state index contributed by atoms with van der Waals surface area (Å²) >= 11 is 0. The highest BCUT2D eigenvalue weighted by atomic mass is 16.5. The van der Waals surface area contributed by atoms with Crippen LogP contribution in [0.2, 0.25) is 0 Å². The topological polar surface area (TPSA) is 34.5 Å². The minimum absolute atomic E-state index is 0.00130. The number of rotatable bonds is 4. The molecule has 1 aliphatic heterocycles. The van der Waals surface area contributed by atoms with E-state index in [0.29, 0.717) is 11.6 Å². The van der Waals surface area contributed by atoms with Gasteiger partial charge in [0.15, 0.2) is 0 Å². The summed E-state index contributed by atoms with van der Waals surface area (Å²) in [7, 11) is 1.86. The maximum atomic E-state index is 12.0. The standard InChI is InChI=1S/C15H24N2O2/c1-4-17-10-7-13(8-11-17)12(2)19-15(18)14-6-5-9-16(14)3/h5-6,9,12-13H,4,7-8,10-11H2,1-3H3/t12-/m0/s1. The molecule has 4 heteroatoms. The van der Waals surface area contributed by atoms with Gasteiger partial charge in [-0.15, -0.1) is 0 Å². The summed E-state index contributed by atoms with van der Waals surface area (Å²) in [6.07, 6.45) is 4.10. The molecule has 0 radical (unpaired) electrons. The van der Waals surface area contributed by atoms with E-state index in [2.05, 4.69) is 11.8 Å². The highest BCUT2D eigenvalue weighted by Crippen LogP contribution is 2.23. The number of aromatic nitrogens is 1. The lowest BCUT2D eigenvalue weighted by molar-refractivity contribution is 0.00761. The van der Waals surface area contributed by atoms with Crippen LogP contribution >= 0.6 is 0 Å². The molecule has 1 aliphatic rings. The SMILES string of the molecule is CCN1CCC([C@H](C)OC(=O)c2cccn2C)CC1. The molecule has 1 saturated heterocycles. The molecule has 2 heterocycles. The number of likely N-dealkylation sites (tertiary alicyclic amines) is 1. The number of hydrogen-bond donors (Lipinski definition) is 0. The van der Waals surface area contributed by atoms with E-state index in [-0.39, 0.29) is 12.1 Å². The number of nitrogens with zero attached hydrogens (tertiary/aromatic N) is 2. The maximum absolute atomic E-state index is 12.0. The summed E-state index contributed by atoms with van der Waals surface area (Å²) in [4.78, 5) is 14.5. The first-order chi connectivity index (χ1) is 9.11. The lowest BCUT2D eigenvalue weighted by atomic mass is 9.92. The van der Waals surface area contributed by atoms with E-state index >= 15 is 0 Å². The van der Waals surface area contributed by atoms with Crippen molar-refractivity contribution in [3.63, 3.8) is 0 Å². The normalized spacial score (nSPS) is 19.3. The summed E-state index contributed by atoms with van der Waals surface area (Å²) in [6, 6.07) is 3.66. The van der Waals surface area contributed by atoms with Gasteiger partial charge in [-0.05, 0) is 57.5 Å². The molecule has 106 valence electrons. The number of aryl methyl sites for hydroxylation is 1. The van der Waals surface area contributed by atoms with Gasteiger partial charge >= 0.3 is 5.97 Å². The van der Waals surface area contributed by atoms with Gasteiger partial charge in [0.2, 0.25) is 0 Å². The molecule has 2 rings (SSSR count). The third kappa shape index (κ3) is 3.38. The molecule has 0 aliphatic carbocycles. The van der Waals surface area contributed by atoms with Crippen molar-refractivity contribution in [2.45, 2.75) is 32.8 Å². The van der Waals surface area contributed by atoms with Crippen molar-refractivity contribution < 1.29 is 9.53 Å². The average molecular weight is 264 g/mol. The van der Waals surface area contributed by atoms with Crippen LogP contribution in [0.15, 0.2) is 18.3 Å². The first-order valence-electron chi connectivity index (χ1n) is 7.16. The average Bonchev–Trinajstić information content (AvgIpc) is 2.85. The third-order valence-electron chi connectivity index (χ3n) is 4.19. The fourth-order valence-electron chi connectivity index (χ4n) is 2.74. The monoisotopic (exact) mass is 264 g/mol. The predicted molar refractivity (Wildman–Crippen MR) is 75.1 cm³/mol. The van der Waals surface area contributed by atoms with Crippen LogP contribution in [0.5, 0.6) is 0 Å². The lowest BCUT2D eigenvalue weighted by Crippen LogP contribution is -2.38. The molecule has 1 aromatic heterocycles.